The Morgan fingerprint density at radius 3 is 2.93 bits per heavy atom. The van der Waals surface area contributed by atoms with Crippen molar-refractivity contribution < 1.29 is 14.3 Å². The summed E-state index contributed by atoms with van der Waals surface area (Å²) in [6.45, 7) is 5.52. The molecule has 0 fully saturated rings. The number of ether oxygens (including phenoxy) is 2. The van der Waals surface area contributed by atoms with Gasteiger partial charge < -0.3 is 19.4 Å². The largest absolute Gasteiger partial charge is 0.454 e. The third-order valence-electron chi connectivity index (χ3n) is 4.68. The van der Waals surface area contributed by atoms with Gasteiger partial charge in [-0.3, -0.25) is 4.79 Å². The number of halogens is 1. The van der Waals surface area contributed by atoms with Gasteiger partial charge in [-0.2, -0.15) is 0 Å². The Balaban J connectivity index is 1.43. The predicted molar refractivity (Wildman–Crippen MR) is 115 cm³/mol. The van der Waals surface area contributed by atoms with Crippen molar-refractivity contribution in [1.82, 2.24) is 14.9 Å². The SMILES string of the molecule is CCCn1c(SC(C)C(=O)NCc2ccc3c(c2)OCO3)nc2cc(Cl)ccc21. The van der Waals surface area contributed by atoms with Gasteiger partial charge in [-0.05, 0) is 49.2 Å². The number of thioether (sulfide) groups is 1. The Labute approximate surface area is 178 Å². The maximum absolute atomic E-state index is 12.6. The summed E-state index contributed by atoms with van der Waals surface area (Å²) in [6, 6.07) is 11.4. The van der Waals surface area contributed by atoms with Crippen molar-refractivity contribution in [1.29, 1.82) is 0 Å². The van der Waals surface area contributed by atoms with Gasteiger partial charge in [-0.1, -0.05) is 36.4 Å². The average molecular weight is 432 g/mol. The second kappa shape index (κ2) is 8.55. The number of rotatable bonds is 7. The molecule has 29 heavy (non-hydrogen) atoms. The molecule has 8 heteroatoms. The molecule has 1 unspecified atom stereocenters. The number of carbonyl (C=O) groups is 1. The fourth-order valence-corrected chi connectivity index (χ4v) is 4.35. The molecule has 0 spiro atoms. The molecule has 1 atom stereocenters. The first-order valence-electron chi connectivity index (χ1n) is 9.54. The Hall–Kier alpha value is -2.38. The number of benzene rings is 2. The molecule has 0 radical (unpaired) electrons. The number of aromatic nitrogens is 2. The van der Waals surface area contributed by atoms with Crippen molar-refractivity contribution in [3.05, 3.63) is 47.0 Å². The number of amides is 1. The van der Waals surface area contributed by atoms with E-state index in [1.807, 2.05) is 43.3 Å². The lowest BCUT2D eigenvalue weighted by Crippen LogP contribution is -2.30. The molecule has 1 aliphatic heterocycles. The van der Waals surface area contributed by atoms with Crippen LogP contribution in [0, 0.1) is 0 Å². The highest BCUT2D eigenvalue weighted by Crippen LogP contribution is 2.33. The highest BCUT2D eigenvalue weighted by Gasteiger charge is 2.20. The van der Waals surface area contributed by atoms with Crippen molar-refractivity contribution in [2.24, 2.45) is 0 Å². The van der Waals surface area contributed by atoms with Crippen LogP contribution in [0.15, 0.2) is 41.6 Å². The van der Waals surface area contributed by atoms with Crippen LogP contribution in [0.4, 0.5) is 0 Å². The number of carbonyl (C=O) groups excluding carboxylic acids is 1. The molecule has 2 heterocycles. The van der Waals surface area contributed by atoms with Gasteiger partial charge in [0.25, 0.3) is 0 Å². The van der Waals surface area contributed by atoms with Crippen LogP contribution in [0.2, 0.25) is 5.02 Å². The fraction of sp³-hybridized carbons (Fsp3) is 0.333. The zero-order chi connectivity index (χ0) is 20.4. The molecular weight excluding hydrogens is 410 g/mol. The smallest absolute Gasteiger partial charge is 0.233 e. The molecule has 1 amide bonds. The number of nitrogens with one attached hydrogen (secondary N) is 1. The third kappa shape index (κ3) is 4.31. The number of hydrogen-bond donors (Lipinski definition) is 1. The zero-order valence-corrected chi connectivity index (χ0v) is 17.8. The second-order valence-corrected chi connectivity index (χ2v) is 8.59. The monoisotopic (exact) mass is 431 g/mol. The molecule has 1 N–H and O–H groups in total. The van der Waals surface area contributed by atoms with Gasteiger partial charge in [-0.15, -0.1) is 0 Å². The number of fused-ring (bicyclic) bond motifs is 2. The van der Waals surface area contributed by atoms with Gasteiger partial charge in [0.15, 0.2) is 16.7 Å². The second-order valence-electron chi connectivity index (χ2n) is 6.84. The summed E-state index contributed by atoms with van der Waals surface area (Å²) in [5.74, 6) is 1.41. The van der Waals surface area contributed by atoms with E-state index in [1.54, 1.807) is 0 Å². The highest BCUT2D eigenvalue weighted by molar-refractivity contribution is 8.00. The van der Waals surface area contributed by atoms with E-state index >= 15 is 0 Å². The minimum Gasteiger partial charge on any atom is -0.454 e. The van der Waals surface area contributed by atoms with E-state index in [0.29, 0.717) is 17.3 Å². The Kier molecular flexibility index (Phi) is 5.87. The molecule has 4 rings (SSSR count). The first kappa shape index (κ1) is 19.9. The first-order valence-corrected chi connectivity index (χ1v) is 10.8. The van der Waals surface area contributed by atoms with Crippen LogP contribution in [0.3, 0.4) is 0 Å². The minimum absolute atomic E-state index is 0.0409. The molecule has 6 nitrogen and oxygen atoms in total. The van der Waals surface area contributed by atoms with Gasteiger partial charge in [0, 0.05) is 18.1 Å². The van der Waals surface area contributed by atoms with Crippen molar-refractivity contribution in [2.75, 3.05) is 6.79 Å². The molecule has 2 aromatic carbocycles. The summed E-state index contributed by atoms with van der Waals surface area (Å²) < 4.78 is 12.9. The molecule has 0 saturated carbocycles. The van der Waals surface area contributed by atoms with E-state index in [0.717, 1.165) is 40.5 Å². The quantitative estimate of drug-likeness (QED) is 0.553. The van der Waals surface area contributed by atoms with Crippen molar-refractivity contribution >= 4 is 40.3 Å². The molecule has 1 aliphatic rings. The van der Waals surface area contributed by atoms with Crippen LogP contribution in [0.25, 0.3) is 11.0 Å². The van der Waals surface area contributed by atoms with Gasteiger partial charge in [0.2, 0.25) is 12.7 Å². The maximum atomic E-state index is 12.6. The average Bonchev–Trinajstić information content (AvgIpc) is 3.30. The van der Waals surface area contributed by atoms with E-state index in [-0.39, 0.29) is 18.0 Å². The zero-order valence-electron chi connectivity index (χ0n) is 16.3. The summed E-state index contributed by atoms with van der Waals surface area (Å²) in [5, 5.41) is 4.19. The predicted octanol–water partition coefficient (Wildman–Crippen LogP) is 4.63. The van der Waals surface area contributed by atoms with Gasteiger partial charge in [0.05, 0.1) is 16.3 Å². The fourth-order valence-electron chi connectivity index (χ4n) is 3.21. The molecule has 3 aromatic rings. The first-order chi connectivity index (χ1) is 14.0. The summed E-state index contributed by atoms with van der Waals surface area (Å²) >= 11 is 7.57. The minimum atomic E-state index is -0.285. The van der Waals surface area contributed by atoms with Crippen LogP contribution < -0.4 is 14.8 Å². The topological polar surface area (TPSA) is 65.4 Å². The van der Waals surface area contributed by atoms with Gasteiger partial charge >= 0.3 is 0 Å². The standard InChI is InChI=1S/C21H22ClN3O3S/c1-3-8-25-17-6-5-15(22)10-16(17)24-21(25)29-13(2)20(26)23-11-14-4-7-18-19(9-14)28-12-27-18/h4-7,9-10,13H,3,8,11-12H2,1-2H3,(H,23,26). The molecule has 1 aromatic heterocycles. The van der Waals surface area contributed by atoms with Crippen LogP contribution in [-0.4, -0.2) is 27.5 Å². The number of nitrogens with zero attached hydrogens (tertiary/aromatic N) is 2. The molecule has 152 valence electrons. The molecular formula is C21H22ClN3O3S. The van der Waals surface area contributed by atoms with Crippen LogP contribution >= 0.6 is 23.4 Å². The Morgan fingerprint density at radius 2 is 2.10 bits per heavy atom. The van der Waals surface area contributed by atoms with Crippen molar-refractivity contribution in [2.45, 2.75) is 43.8 Å². The van der Waals surface area contributed by atoms with Gasteiger partial charge in [-0.25, -0.2) is 4.98 Å². The lowest BCUT2D eigenvalue weighted by molar-refractivity contribution is -0.120. The highest BCUT2D eigenvalue weighted by atomic mass is 35.5. The molecule has 0 aliphatic carbocycles. The number of aryl methyl sites for hydroxylation is 1. The maximum Gasteiger partial charge on any atom is 0.233 e. The Morgan fingerprint density at radius 1 is 1.28 bits per heavy atom. The Bertz CT molecular complexity index is 1050. The van der Waals surface area contributed by atoms with Crippen LogP contribution in [0.5, 0.6) is 11.5 Å². The molecule has 0 saturated heterocycles. The normalized spacial score (nSPS) is 13.6. The van der Waals surface area contributed by atoms with Gasteiger partial charge in [0.1, 0.15) is 0 Å². The van der Waals surface area contributed by atoms with E-state index in [2.05, 4.69) is 16.8 Å². The third-order valence-corrected chi connectivity index (χ3v) is 6.00. The number of imidazole rings is 1. The summed E-state index contributed by atoms with van der Waals surface area (Å²) in [4.78, 5) is 17.4. The lowest BCUT2D eigenvalue weighted by atomic mass is 10.2. The summed E-state index contributed by atoms with van der Waals surface area (Å²) in [5.41, 5.74) is 2.85. The van der Waals surface area contributed by atoms with Crippen LogP contribution in [0.1, 0.15) is 25.8 Å². The summed E-state index contributed by atoms with van der Waals surface area (Å²) in [6.07, 6.45) is 0.979. The van der Waals surface area contributed by atoms with Crippen molar-refractivity contribution in [3.63, 3.8) is 0 Å². The lowest BCUT2D eigenvalue weighted by Gasteiger charge is -2.13. The van der Waals surface area contributed by atoms with E-state index in [9.17, 15) is 4.79 Å². The van der Waals surface area contributed by atoms with Crippen LogP contribution in [-0.2, 0) is 17.9 Å². The van der Waals surface area contributed by atoms with E-state index in [4.69, 9.17) is 26.1 Å². The van der Waals surface area contributed by atoms with Crippen molar-refractivity contribution in [3.8, 4) is 11.5 Å². The van der Waals surface area contributed by atoms with E-state index in [1.165, 1.54) is 11.8 Å². The number of hydrogen-bond acceptors (Lipinski definition) is 5. The van der Waals surface area contributed by atoms with E-state index < -0.39 is 0 Å². The molecule has 0 bridgehead atoms. The summed E-state index contributed by atoms with van der Waals surface area (Å²) in [7, 11) is 0.